The number of aliphatic hydroxyl groups is 1. The fraction of sp³-hybridized carbons (Fsp3) is 0.455. The molecule has 1 aliphatic rings. The summed E-state index contributed by atoms with van der Waals surface area (Å²) in [4.78, 5) is 0. The van der Waals surface area contributed by atoms with E-state index in [-0.39, 0.29) is 0 Å². The van der Waals surface area contributed by atoms with E-state index >= 15 is 0 Å². The fourth-order valence-corrected chi connectivity index (χ4v) is 2.23. The quantitative estimate of drug-likeness (QED) is 0.837. The Balaban J connectivity index is 2.60. The minimum Gasteiger partial charge on any atom is -0.493 e. The van der Waals surface area contributed by atoms with Gasteiger partial charge >= 0.3 is 0 Å². The second-order valence-electron chi connectivity index (χ2n) is 4.10. The number of fused-ring (bicyclic) bond motifs is 1. The van der Waals surface area contributed by atoms with Crippen LogP contribution in [0.3, 0.4) is 0 Å². The molecule has 76 valence electrons. The molecular weight excluding hydrogens is 244 g/mol. The lowest BCUT2D eigenvalue weighted by molar-refractivity contribution is 0.0754. The maximum absolute atomic E-state index is 9.98. The van der Waals surface area contributed by atoms with Crippen molar-refractivity contribution >= 4 is 15.9 Å². The Bertz CT molecular complexity index is 366. The molecule has 0 unspecified atom stereocenters. The van der Waals surface area contributed by atoms with Crippen molar-refractivity contribution in [1.29, 1.82) is 0 Å². The molecule has 2 nitrogen and oxygen atoms in total. The van der Waals surface area contributed by atoms with Gasteiger partial charge in [-0.05, 0) is 31.5 Å². The lowest BCUT2D eigenvalue weighted by Crippen LogP contribution is -2.16. The number of benzene rings is 1. The van der Waals surface area contributed by atoms with Crippen molar-refractivity contribution < 1.29 is 9.84 Å². The summed E-state index contributed by atoms with van der Waals surface area (Å²) in [6.07, 6.45) is 0.928. The molecule has 1 aliphatic heterocycles. The van der Waals surface area contributed by atoms with E-state index in [9.17, 15) is 5.11 Å². The topological polar surface area (TPSA) is 29.5 Å². The van der Waals surface area contributed by atoms with Gasteiger partial charge in [-0.1, -0.05) is 15.9 Å². The molecule has 1 N–H and O–H groups in total. The highest BCUT2D eigenvalue weighted by Crippen LogP contribution is 2.38. The Hall–Kier alpha value is -0.540. The van der Waals surface area contributed by atoms with Gasteiger partial charge in [-0.15, -0.1) is 0 Å². The zero-order valence-electron chi connectivity index (χ0n) is 8.30. The molecule has 0 bridgehead atoms. The van der Waals surface area contributed by atoms with Crippen LogP contribution in [-0.2, 0) is 12.0 Å². The number of hydrogen-bond acceptors (Lipinski definition) is 2. The van der Waals surface area contributed by atoms with E-state index < -0.39 is 5.60 Å². The highest BCUT2D eigenvalue weighted by Gasteiger charge is 2.26. The third-order valence-electron chi connectivity index (χ3n) is 2.41. The molecule has 0 aromatic heterocycles. The molecular formula is C11H13BrO2. The molecule has 1 aromatic carbocycles. The van der Waals surface area contributed by atoms with Gasteiger partial charge in [-0.3, -0.25) is 0 Å². The van der Waals surface area contributed by atoms with E-state index in [2.05, 4.69) is 22.0 Å². The molecule has 14 heavy (non-hydrogen) atoms. The first-order valence-electron chi connectivity index (χ1n) is 4.66. The maximum Gasteiger partial charge on any atom is 0.128 e. The van der Waals surface area contributed by atoms with Gasteiger partial charge in [0, 0.05) is 16.5 Å². The van der Waals surface area contributed by atoms with Crippen LogP contribution in [0.4, 0.5) is 0 Å². The predicted octanol–water partition coefficient (Wildman–Crippen LogP) is 2.61. The summed E-state index contributed by atoms with van der Waals surface area (Å²) < 4.78 is 6.53. The third-order valence-corrected chi connectivity index (χ3v) is 2.87. The molecule has 3 heteroatoms. The minimum atomic E-state index is -0.849. The van der Waals surface area contributed by atoms with Crippen molar-refractivity contribution in [2.75, 3.05) is 6.61 Å². The number of halogens is 1. The smallest absolute Gasteiger partial charge is 0.128 e. The van der Waals surface area contributed by atoms with E-state index in [1.807, 2.05) is 6.07 Å². The van der Waals surface area contributed by atoms with E-state index in [0.717, 1.165) is 28.8 Å². The normalized spacial score (nSPS) is 15.1. The number of ether oxygens (including phenoxy) is 1. The van der Waals surface area contributed by atoms with E-state index in [0.29, 0.717) is 0 Å². The van der Waals surface area contributed by atoms with Crippen molar-refractivity contribution in [3.8, 4) is 5.75 Å². The van der Waals surface area contributed by atoms with Crippen LogP contribution in [0, 0.1) is 0 Å². The first kappa shape index (κ1) is 9.99. The Morgan fingerprint density at radius 3 is 2.79 bits per heavy atom. The first-order chi connectivity index (χ1) is 6.48. The molecule has 1 aromatic rings. The van der Waals surface area contributed by atoms with Crippen LogP contribution in [-0.4, -0.2) is 11.7 Å². The Kier molecular flexibility index (Phi) is 2.32. The SMILES string of the molecule is CC(C)(O)c1cc(Br)cc2c1OCC2. The van der Waals surface area contributed by atoms with Crippen LogP contribution >= 0.6 is 15.9 Å². The van der Waals surface area contributed by atoms with Gasteiger partial charge in [0.15, 0.2) is 0 Å². The van der Waals surface area contributed by atoms with Gasteiger partial charge < -0.3 is 9.84 Å². The molecule has 2 rings (SSSR count). The average molecular weight is 257 g/mol. The van der Waals surface area contributed by atoms with Crippen LogP contribution in [0.15, 0.2) is 16.6 Å². The molecule has 0 aliphatic carbocycles. The predicted molar refractivity (Wildman–Crippen MR) is 58.6 cm³/mol. The standard InChI is InChI=1S/C11H13BrO2/c1-11(2,13)9-6-8(12)5-7-3-4-14-10(7)9/h5-6,13H,3-4H2,1-2H3. The lowest BCUT2D eigenvalue weighted by Gasteiger charge is -2.21. The molecule has 0 spiro atoms. The summed E-state index contributed by atoms with van der Waals surface area (Å²) in [5.74, 6) is 0.862. The Morgan fingerprint density at radius 2 is 2.14 bits per heavy atom. The molecule has 0 radical (unpaired) electrons. The largest absolute Gasteiger partial charge is 0.493 e. The Morgan fingerprint density at radius 1 is 1.43 bits per heavy atom. The van der Waals surface area contributed by atoms with Crippen LogP contribution in [0.1, 0.15) is 25.0 Å². The lowest BCUT2D eigenvalue weighted by atomic mass is 9.95. The summed E-state index contributed by atoms with van der Waals surface area (Å²) in [7, 11) is 0. The van der Waals surface area contributed by atoms with Crippen LogP contribution in [0.5, 0.6) is 5.75 Å². The fourth-order valence-electron chi connectivity index (χ4n) is 1.72. The van der Waals surface area contributed by atoms with Gasteiger partial charge in [0.2, 0.25) is 0 Å². The molecule has 0 fully saturated rings. The number of rotatable bonds is 1. The zero-order valence-corrected chi connectivity index (χ0v) is 9.89. The maximum atomic E-state index is 9.98. The minimum absolute atomic E-state index is 0.717. The molecule has 0 atom stereocenters. The van der Waals surface area contributed by atoms with Gasteiger partial charge in [0.25, 0.3) is 0 Å². The van der Waals surface area contributed by atoms with Crippen molar-refractivity contribution in [1.82, 2.24) is 0 Å². The van der Waals surface area contributed by atoms with Crippen LogP contribution in [0.2, 0.25) is 0 Å². The summed E-state index contributed by atoms with van der Waals surface area (Å²) in [6, 6.07) is 3.97. The number of hydrogen-bond donors (Lipinski definition) is 1. The van der Waals surface area contributed by atoms with E-state index in [1.54, 1.807) is 13.8 Å². The zero-order chi connectivity index (χ0) is 10.3. The van der Waals surface area contributed by atoms with Crippen molar-refractivity contribution in [2.24, 2.45) is 0 Å². The van der Waals surface area contributed by atoms with Gasteiger partial charge in [0.05, 0.1) is 12.2 Å². The molecule has 0 amide bonds. The van der Waals surface area contributed by atoms with Crippen molar-refractivity contribution in [2.45, 2.75) is 25.9 Å². The monoisotopic (exact) mass is 256 g/mol. The Labute approximate surface area is 92.0 Å². The van der Waals surface area contributed by atoms with E-state index in [4.69, 9.17) is 4.74 Å². The van der Waals surface area contributed by atoms with Crippen LogP contribution in [0.25, 0.3) is 0 Å². The highest BCUT2D eigenvalue weighted by atomic mass is 79.9. The summed E-state index contributed by atoms with van der Waals surface area (Å²) in [5.41, 5.74) is 1.19. The summed E-state index contributed by atoms with van der Waals surface area (Å²) in [6.45, 7) is 4.27. The second-order valence-corrected chi connectivity index (χ2v) is 5.01. The average Bonchev–Trinajstić information content (AvgIpc) is 2.47. The van der Waals surface area contributed by atoms with Crippen molar-refractivity contribution in [3.63, 3.8) is 0 Å². The second kappa shape index (κ2) is 3.24. The molecule has 0 saturated carbocycles. The third kappa shape index (κ3) is 1.66. The molecule has 0 saturated heterocycles. The highest BCUT2D eigenvalue weighted by molar-refractivity contribution is 9.10. The molecule has 1 heterocycles. The van der Waals surface area contributed by atoms with Crippen molar-refractivity contribution in [3.05, 3.63) is 27.7 Å². The first-order valence-corrected chi connectivity index (χ1v) is 5.46. The van der Waals surface area contributed by atoms with Gasteiger partial charge in [-0.2, -0.15) is 0 Å². The van der Waals surface area contributed by atoms with E-state index in [1.165, 1.54) is 5.56 Å². The summed E-state index contributed by atoms with van der Waals surface area (Å²) in [5, 5.41) is 9.98. The van der Waals surface area contributed by atoms with Gasteiger partial charge in [0.1, 0.15) is 5.75 Å². The van der Waals surface area contributed by atoms with Crippen LogP contribution < -0.4 is 4.74 Å². The summed E-state index contributed by atoms with van der Waals surface area (Å²) >= 11 is 3.44. The van der Waals surface area contributed by atoms with Gasteiger partial charge in [-0.25, -0.2) is 0 Å².